The zero-order chi connectivity index (χ0) is 19.6. The lowest BCUT2D eigenvalue weighted by atomic mass is 10.0. The van der Waals surface area contributed by atoms with Crippen LogP contribution < -0.4 is 5.32 Å². The number of pyridine rings is 2. The van der Waals surface area contributed by atoms with Crippen LogP contribution in [0.25, 0.3) is 27.7 Å². The van der Waals surface area contributed by atoms with Gasteiger partial charge in [-0.1, -0.05) is 12.6 Å². The Bertz CT molecular complexity index is 1160. The van der Waals surface area contributed by atoms with Gasteiger partial charge in [-0.25, -0.2) is 0 Å². The lowest BCUT2D eigenvalue weighted by Gasteiger charge is -2.30. The normalized spacial score (nSPS) is 13.9. The van der Waals surface area contributed by atoms with Crippen molar-refractivity contribution in [3.8, 4) is 11.1 Å². The average Bonchev–Trinajstić information content (AvgIpc) is 3.15. The van der Waals surface area contributed by atoms with Crippen LogP contribution in [0.4, 0.5) is 5.69 Å². The van der Waals surface area contributed by atoms with E-state index in [1.165, 1.54) is 25.1 Å². The Labute approximate surface area is 169 Å². The highest BCUT2D eigenvalue weighted by molar-refractivity contribution is 5.95. The lowest BCUT2D eigenvalue weighted by Crippen LogP contribution is -2.36. The second-order valence-electron chi connectivity index (χ2n) is 7.38. The topological polar surface area (TPSA) is 69.7 Å². The van der Waals surface area contributed by atoms with Crippen LogP contribution in [0.3, 0.4) is 0 Å². The average molecular weight is 382 g/mol. The smallest absolute Gasteiger partial charge is 0.116 e. The van der Waals surface area contributed by atoms with Crippen LogP contribution in [0.15, 0.2) is 67.8 Å². The van der Waals surface area contributed by atoms with Gasteiger partial charge >= 0.3 is 0 Å². The number of hydrogen-bond donors (Lipinski definition) is 2. The number of aromatic nitrogens is 4. The monoisotopic (exact) mass is 382 g/mol. The lowest BCUT2D eigenvalue weighted by molar-refractivity contribution is 0.172. The molecule has 1 saturated heterocycles. The van der Waals surface area contributed by atoms with Gasteiger partial charge in [0.15, 0.2) is 0 Å². The van der Waals surface area contributed by atoms with E-state index in [0.717, 1.165) is 45.7 Å². The van der Waals surface area contributed by atoms with Crippen LogP contribution in [-0.2, 0) is 6.54 Å². The van der Waals surface area contributed by atoms with Gasteiger partial charge in [0.1, 0.15) is 5.69 Å². The zero-order valence-corrected chi connectivity index (χ0v) is 16.1. The quantitative estimate of drug-likeness (QED) is 0.520. The number of aromatic amines is 1. The molecule has 6 nitrogen and oxygen atoms in total. The number of rotatable bonds is 6. The van der Waals surface area contributed by atoms with Gasteiger partial charge in [-0.3, -0.25) is 20.0 Å². The Hall–Kier alpha value is -3.51. The van der Waals surface area contributed by atoms with Crippen molar-refractivity contribution in [1.29, 1.82) is 0 Å². The molecule has 0 aliphatic carbocycles. The molecule has 0 spiro atoms. The Morgan fingerprint density at radius 2 is 1.90 bits per heavy atom. The molecule has 144 valence electrons. The number of H-pyrrole nitrogens is 1. The molecule has 0 amide bonds. The Kier molecular flexibility index (Phi) is 4.54. The first kappa shape index (κ1) is 17.6. The molecule has 3 aromatic heterocycles. The van der Waals surface area contributed by atoms with E-state index in [1.54, 1.807) is 12.4 Å². The number of hydrogen-bond acceptors (Lipinski definition) is 5. The van der Waals surface area contributed by atoms with Crippen LogP contribution in [0.2, 0.25) is 0 Å². The van der Waals surface area contributed by atoms with Crippen LogP contribution in [0.5, 0.6) is 0 Å². The molecule has 4 heterocycles. The minimum absolute atomic E-state index is 0.740. The molecule has 1 aliphatic heterocycles. The summed E-state index contributed by atoms with van der Waals surface area (Å²) in [5.41, 5.74) is 6.94. The Morgan fingerprint density at radius 3 is 2.69 bits per heavy atom. The number of likely N-dealkylation sites (tertiary alicyclic amines) is 1. The molecule has 2 N–H and O–H groups in total. The van der Waals surface area contributed by atoms with E-state index in [4.69, 9.17) is 0 Å². The molecule has 1 aliphatic rings. The largest absolute Gasteiger partial charge is 0.354 e. The van der Waals surface area contributed by atoms with Gasteiger partial charge in [-0.2, -0.15) is 5.10 Å². The first-order valence-electron chi connectivity index (χ1n) is 9.77. The Balaban J connectivity index is 1.45. The fourth-order valence-corrected chi connectivity index (χ4v) is 3.62. The summed E-state index contributed by atoms with van der Waals surface area (Å²) in [6.07, 6.45) is 8.67. The predicted molar refractivity (Wildman–Crippen MR) is 116 cm³/mol. The van der Waals surface area contributed by atoms with Gasteiger partial charge in [-0.05, 0) is 61.0 Å². The molecule has 0 radical (unpaired) electrons. The molecule has 1 aromatic carbocycles. The summed E-state index contributed by atoms with van der Waals surface area (Å²) >= 11 is 0. The second kappa shape index (κ2) is 7.48. The van der Waals surface area contributed by atoms with E-state index < -0.39 is 0 Å². The van der Waals surface area contributed by atoms with Crippen molar-refractivity contribution in [3.63, 3.8) is 0 Å². The Morgan fingerprint density at radius 1 is 1.03 bits per heavy atom. The highest BCUT2D eigenvalue weighted by Gasteiger charge is 2.15. The maximum absolute atomic E-state index is 4.48. The standard InChI is InChI=1S/C23H22N6/c1-16(26-20-5-7-24-8-6-20)23-21-12-18(3-4-22(21)27-28-23)19-11-17(13-25-14-19)15-29-9-2-10-29/h3-8,11-14H,1-2,9-10,15H2,(H,24,26)(H,27,28). The van der Waals surface area contributed by atoms with Crippen LogP contribution in [-0.4, -0.2) is 38.2 Å². The van der Waals surface area contributed by atoms with E-state index >= 15 is 0 Å². The van der Waals surface area contributed by atoms with E-state index in [1.807, 2.05) is 24.5 Å². The zero-order valence-electron chi connectivity index (χ0n) is 16.1. The van der Waals surface area contributed by atoms with E-state index in [2.05, 4.69) is 61.2 Å². The molecule has 0 saturated carbocycles. The summed E-state index contributed by atoms with van der Waals surface area (Å²) in [7, 11) is 0. The number of anilines is 1. The summed E-state index contributed by atoms with van der Waals surface area (Å²) in [6.45, 7) is 7.50. The fourth-order valence-electron chi connectivity index (χ4n) is 3.62. The third-order valence-corrected chi connectivity index (χ3v) is 5.31. The molecule has 4 aromatic rings. The van der Waals surface area contributed by atoms with Crippen LogP contribution in [0, 0.1) is 0 Å². The van der Waals surface area contributed by atoms with E-state index in [9.17, 15) is 0 Å². The molecular formula is C23H22N6. The maximum atomic E-state index is 4.48. The van der Waals surface area contributed by atoms with Crippen molar-refractivity contribution in [3.05, 3.63) is 79.0 Å². The van der Waals surface area contributed by atoms with Gasteiger partial charge in [0.05, 0.1) is 11.2 Å². The molecule has 29 heavy (non-hydrogen) atoms. The van der Waals surface area contributed by atoms with Crippen molar-refractivity contribution in [2.75, 3.05) is 18.4 Å². The first-order valence-corrected chi connectivity index (χ1v) is 9.77. The summed E-state index contributed by atoms with van der Waals surface area (Å²) in [5, 5.41) is 11.9. The number of benzene rings is 1. The SMILES string of the molecule is C=C(Nc1ccncc1)c1n[nH]c2ccc(-c3cncc(CN4CCC4)c3)cc12. The molecular weight excluding hydrogens is 360 g/mol. The summed E-state index contributed by atoms with van der Waals surface area (Å²) in [6, 6.07) is 12.4. The van der Waals surface area contributed by atoms with Crippen molar-refractivity contribution >= 4 is 22.3 Å². The third-order valence-electron chi connectivity index (χ3n) is 5.31. The molecule has 0 bridgehead atoms. The molecule has 5 rings (SSSR count). The highest BCUT2D eigenvalue weighted by atomic mass is 15.2. The second-order valence-corrected chi connectivity index (χ2v) is 7.38. The number of fused-ring (bicyclic) bond motifs is 1. The van der Waals surface area contributed by atoms with E-state index in [-0.39, 0.29) is 0 Å². The molecule has 6 heteroatoms. The van der Waals surface area contributed by atoms with Crippen molar-refractivity contribution in [2.45, 2.75) is 13.0 Å². The van der Waals surface area contributed by atoms with Gasteiger partial charge in [0.2, 0.25) is 0 Å². The fraction of sp³-hybridized carbons (Fsp3) is 0.174. The highest BCUT2D eigenvalue weighted by Crippen LogP contribution is 2.29. The summed E-state index contributed by atoms with van der Waals surface area (Å²) in [4.78, 5) is 10.9. The van der Waals surface area contributed by atoms with Gasteiger partial charge in [-0.15, -0.1) is 0 Å². The molecule has 0 unspecified atom stereocenters. The van der Waals surface area contributed by atoms with Crippen molar-refractivity contribution in [1.82, 2.24) is 25.1 Å². The van der Waals surface area contributed by atoms with Crippen LogP contribution in [0.1, 0.15) is 17.7 Å². The van der Waals surface area contributed by atoms with Crippen molar-refractivity contribution < 1.29 is 0 Å². The van der Waals surface area contributed by atoms with Gasteiger partial charge in [0, 0.05) is 48.0 Å². The van der Waals surface area contributed by atoms with E-state index in [0.29, 0.717) is 0 Å². The summed E-state index contributed by atoms with van der Waals surface area (Å²) < 4.78 is 0. The predicted octanol–water partition coefficient (Wildman–Crippen LogP) is 4.31. The van der Waals surface area contributed by atoms with Gasteiger partial charge < -0.3 is 5.32 Å². The number of nitrogens with one attached hydrogen (secondary N) is 2. The maximum Gasteiger partial charge on any atom is 0.116 e. The first-order chi connectivity index (χ1) is 14.3. The van der Waals surface area contributed by atoms with Crippen molar-refractivity contribution in [2.24, 2.45) is 0 Å². The third kappa shape index (κ3) is 3.62. The number of nitrogens with zero attached hydrogens (tertiary/aromatic N) is 4. The minimum Gasteiger partial charge on any atom is -0.354 e. The van der Waals surface area contributed by atoms with Crippen LogP contribution >= 0.6 is 0 Å². The van der Waals surface area contributed by atoms with Gasteiger partial charge in [0.25, 0.3) is 0 Å². The molecule has 0 atom stereocenters. The molecule has 1 fully saturated rings. The summed E-state index contributed by atoms with van der Waals surface area (Å²) in [5.74, 6) is 0. The minimum atomic E-state index is 0.740.